The summed E-state index contributed by atoms with van der Waals surface area (Å²) in [5.74, 6) is -0.748. The highest BCUT2D eigenvalue weighted by Gasteiger charge is 2.46. The van der Waals surface area contributed by atoms with E-state index in [1.54, 1.807) is 11.1 Å². The van der Waals surface area contributed by atoms with Gasteiger partial charge in [-0.25, -0.2) is 0 Å². The molecule has 2 N–H and O–H groups in total. The lowest BCUT2D eigenvalue weighted by atomic mass is 9.95. The summed E-state index contributed by atoms with van der Waals surface area (Å²) >= 11 is 0. The average Bonchev–Trinajstić information content (AvgIpc) is 3.32. The van der Waals surface area contributed by atoms with Crippen molar-refractivity contribution in [3.63, 3.8) is 0 Å². The van der Waals surface area contributed by atoms with Gasteiger partial charge in [-0.3, -0.25) is 9.59 Å². The summed E-state index contributed by atoms with van der Waals surface area (Å²) in [6, 6.07) is 14.3. The Bertz CT molecular complexity index is 1160. The molecule has 1 aliphatic rings. The summed E-state index contributed by atoms with van der Waals surface area (Å²) in [5, 5.41) is 12.0. The van der Waals surface area contributed by atoms with Gasteiger partial charge < -0.3 is 19.7 Å². The number of carbonyl (C=O) groups excluding carboxylic acids is 2. The van der Waals surface area contributed by atoms with Crippen molar-refractivity contribution in [2.45, 2.75) is 32.7 Å². The molecule has 6 nitrogen and oxygen atoms in total. The first-order valence-electron chi connectivity index (χ1n) is 10.6. The largest absolute Gasteiger partial charge is 0.507 e. The molecule has 1 saturated heterocycles. The normalized spacial score (nSPS) is 18.1. The Balaban J connectivity index is 1.87. The SMILES string of the molecule is CCCOc1cccc(C2/C(=C(/O)c3c[nH]c4ccccc34)C(=O)C(=O)N2CCC)c1. The Morgan fingerprint density at radius 1 is 1.10 bits per heavy atom. The molecule has 1 atom stereocenters. The number of H-pyrrole nitrogens is 1. The van der Waals surface area contributed by atoms with Crippen molar-refractivity contribution in [1.82, 2.24) is 9.88 Å². The van der Waals surface area contributed by atoms with Crippen molar-refractivity contribution in [3.05, 3.63) is 71.4 Å². The second-order valence-corrected chi connectivity index (χ2v) is 7.66. The van der Waals surface area contributed by atoms with E-state index in [4.69, 9.17) is 4.74 Å². The molecule has 1 aliphatic heterocycles. The fourth-order valence-corrected chi connectivity index (χ4v) is 4.10. The van der Waals surface area contributed by atoms with E-state index in [1.165, 1.54) is 0 Å². The number of carbonyl (C=O) groups is 2. The number of rotatable bonds is 7. The van der Waals surface area contributed by atoms with E-state index in [2.05, 4.69) is 4.98 Å². The van der Waals surface area contributed by atoms with Crippen LogP contribution >= 0.6 is 0 Å². The van der Waals surface area contributed by atoms with E-state index >= 15 is 0 Å². The van der Waals surface area contributed by atoms with Crippen LogP contribution in [-0.4, -0.2) is 39.8 Å². The monoisotopic (exact) mass is 418 g/mol. The van der Waals surface area contributed by atoms with Crippen molar-refractivity contribution in [3.8, 4) is 5.75 Å². The Hall–Kier alpha value is -3.54. The topological polar surface area (TPSA) is 82.6 Å². The lowest BCUT2D eigenvalue weighted by Gasteiger charge is -2.25. The van der Waals surface area contributed by atoms with Crippen LogP contribution in [0.4, 0.5) is 0 Å². The summed E-state index contributed by atoms with van der Waals surface area (Å²) < 4.78 is 5.76. The molecule has 2 aromatic carbocycles. The molecular formula is C25H26N2O4. The van der Waals surface area contributed by atoms with Gasteiger partial charge in [0.1, 0.15) is 11.5 Å². The quantitative estimate of drug-likeness (QED) is 0.328. The minimum atomic E-state index is -0.668. The number of nitrogens with zero attached hydrogens (tertiary/aromatic N) is 1. The molecule has 0 aliphatic carbocycles. The number of aromatic nitrogens is 1. The van der Waals surface area contributed by atoms with E-state index in [0.717, 1.165) is 22.9 Å². The summed E-state index contributed by atoms with van der Waals surface area (Å²) in [6.07, 6.45) is 3.24. The Kier molecular flexibility index (Phi) is 5.80. The predicted molar refractivity (Wildman–Crippen MR) is 120 cm³/mol. The predicted octanol–water partition coefficient (Wildman–Crippen LogP) is 4.79. The van der Waals surface area contributed by atoms with E-state index in [0.29, 0.717) is 30.9 Å². The van der Waals surface area contributed by atoms with Crippen molar-refractivity contribution >= 4 is 28.4 Å². The van der Waals surface area contributed by atoms with Gasteiger partial charge in [0.25, 0.3) is 11.7 Å². The average molecular weight is 418 g/mol. The van der Waals surface area contributed by atoms with Gasteiger partial charge in [0, 0.05) is 29.2 Å². The number of ether oxygens (including phenoxy) is 1. The van der Waals surface area contributed by atoms with Crippen molar-refractivity contribution in [1.29, 1.82) is 0 Å². The van der Waals surface area contributed by atoms with Crippen LogP contribution in [0, 0.1) is 0 Å². The molecule has 31 heavy (non-hydrogen) atoms. The summed E-state index contributed by atoms with van der Waals surface area (Å²) in [6.45, 7) is 4.98. The molecule has 0 bridgehead atoms. The molecule has 0 spiro atoms. The Morgan fingerprint density at radius 2 is 1.90 bits per heavy atom. The van der Waals surface area contributed by atoms with Crippen LogP contribution in [-0.2, 0) is 9.59 Å². The van der Waals surface area contributed by atoms with Gasteiger partial charge in [0.15, 0.2) is 0 Å². The first kappa shape index (κ1) is 20.7. The summed E-state index contributed by atoms with van der Waals surface area (Å²) in [4.78, 5) is 30.6. The third-order valence-corrected chi connectivity index (χ3v) is 5.50. The third-order valence-electron chi connectivity index (χ3n) is 5.50. The maximum atomic E-state index is 13.1. The van der Waals surface area contributed by atoms with Crippen LogP contribution in [0.1, 0.15) is 43.9 Å². The van der Waals surface area contributed by atoms with Gasteiger partial charge in [-0.2, -0.15) is 0 Å². The number of nitrogens with one attached hydrogen (secondary N) is 1. The molecular weight excluding hydrogens is 392 g/mol. The molecule has 4 rings (SSSR count). The third kappa shape index (κ3) is 3.69. The number of aliphatic hydroxyl groups excluding tert-OH is 1. The number of para-hydroxylation sites is 1. The number of hydrogen-bond donors (Lipinski definition) is 2. The highest BCUT2D eigenvalue weighted by molar-refractivity contribution is 6.46. The smallest absolute Gasteiger partial charge is 0.295 e. The molecule has 0 radical (unpaired) electrons. The van der Waals surface area contributed by atoms with Gasteiger partial charge in [-0.05, 0) is 36.6 Å². The molecule has 0 saturated carbocycles. The van der Waals surface area contributed by atoms with Crippen LogP contribution in [0.25, 0.3) is 16.7 Å². The molecule has 2 heterocycles. The van der Waals surface area contributed by atoms with Crippen LogP contribution in [0.3, 0.4) is 0 Å². The number of benzene rings is 2. The van der Waals surface area contributed by atoms with Crippen molar-refractivity contribution in [2.24, 2.45) is 0 Å². The number of ketones is 1. The van der Waals surface area contributed by atoms with E-state index in [9.17, 15) is 14.7 Å². The van der Waals surface area contributed by atoms with Gasteiger partial charge in [-0.15, -0.1) is 0 Å². The van der Waals surface area contributed by atoms with E-state index in [-0.39, 0.29) is 11.3 Å². The van der Waals surface area contributed by atoms with Gasteiger partial charge in [-0.1, -0.05) is 44.2 Å². The first-order chi connectivity index (χ1) is 15.1. The Labute approximate surface area is 181 Å². The van der Waals surface area contributed by atoms with Crippen LogP contribution < -0.4 is 4.74 Å². The standard InChI is InChI=1S/C25H26N2O4/c1-3-12-27-22(16-8-7-9-17(14-16)31-13-4-2)21(24(29)25(27)30)23(28)19-15-26-20-11-6-5-10-18(19)20/h5-11,14-15,22,26,28H,3-4,12-13H2,1-2H3/b23-21-. The fraction of sp³-hybridized carbons (Fsp3) is 0.280. The maximum absolute atomic E-state index is 13.1. The second kappa shape index (κ2) is 8.68. The minimum Gasteiger partial charge on any atom is -0.507 e. The van der Waals surface area contributed by atoms with Crippen molar-refractivity contribution < 1.29 is 19.4 Å². The molecule has 1 aromatic heterocycles. The second-order valence-electron chi connectivity index (χ2n) is 7.66. The van der Waals surface area contributed by atoms with Gasteiger partial charge in [0.2, 0.25) is 0 Å². The maximum Gasteiger partial charge on any atom is 0.295 e. The minimum absolute atomic E-state index is 0.107. The van der Waals surface area contributed by atoms with Crippen LogP contribution in [0.5, 0.6) is 5.75 Å². The Morgan fingerprint density at radius 3 is 2.68 bits per heavy atom. The lowest BCUT2D eigenvalue weighted by Crippen LogP contribution is -2.30. The lowest BCUT2D eigenvalue weighted by molar-refractivity contribution is -0.139. The number of Topliss-reactive ketones (excluding diaryl/α,β-unsaturated/α-hetero) is 1. The fourth-order valence-electron chi connectivity index (χ4n) is 4.10. The molecule has 1 unspecified atom stereocenters. The number of aliphatic hydroxyl groups is 1. The number of hydrogen-bond acceptors (Lipinski definition) is 4. The highest BCUT2D eigenvalue weighted by Crippen LogP contribution is 2.41. The highest BCUT2D eigenvalue weighted by atomic mass is 16.5. The van der Waals surface area contributed by atoms with Gasteiger partial charge in [0.05, 0.1) is 18.2 Å². The van der Waals surface area contributed by atoms with E-state index < -0.39 is 17.7 Å². The number of amides is 1. The van der Waals surface area contributed by atoms with Crippen LogP contribution in [0.15, 0.2) is 60.3 Å². The van der Waals surface area contributed by atoms with Gasteiger partial charge >= 0.3 is 0 Å². The van der Waals surface area contributed by atoms with Crippen molar-refractivity contribution in [2.75, 3.05) is 13.2 Å². The first-order valence-corrected chi connectivity index (χ1v) is 10.6. The zero-order valence-electron chi connectivity index (χ0n) is 17.7. The van der Waals surface area contributed by atoms with E-state index in [1.807, 2.05) is 62.4 Å². The number of likely N-dealkylation sites (tertiary alicyclic amines) is 1. The molecule has 1 amide bonds. The molecule has 3 aromatic rings. The molecule has 1 fully saturated rings. The van der Waals surface area contributed by atoms with Crippen LogP contribution in [0.2, 0.25) is 0 Å². The number of aromatic amines is 1. The summed E-state index contributed by atoms with van der Waals surface area (Å²) in [7, 11) is 0. The zero-order chi connectivity index (χ0) is 22.0. The number of fused-ring (bicyclic) bond motifs is 1. The zero-order valence-corrected chi connectivity index (χ0v) is 17.7. The summed E-state index contributed by atoms with van der Waals surface area (Å²) in [5.41, 5.74) is 2.20. The molecule has 6 heteroatoms. The molecule has 160 valence electrons.